The molecule has 0 aliphatic heterocycles. The number of aromatic nitrogens is 2. The van der Waals surface area contributed by atoms with Crippen LogP contribution in [0, 0.1) is 0 Å². The Morgan fingerprint density at radius 1 is 1.43 bits per heavy atom. The summed E-state index contributed by atoms with van der Waals surface area (Å²) in [5, 5.41) is 17.0. The number of pyridine rings is 1. The van der Waals surface area contributed by atoms with Crippen molar-refractivity contribution in [1.29, 1.82) is 0 Å². The second-order valence-corrected chi connectivity index (χ2v) is 5.10. The zero-order valence-electron chi connectivity index (χ0n) is 11.4. The van der Waals surface area contributed by atoms with E-state index in [4.69, 9.17) is 10.8 Å². The van der Waals surface area contributed by atoms with Crippen LogP contribution in [0.5, 0.6) is 0 Å². The topological polar surface area (TPSA) is 113 Å². The van der Waals surface area contributed by atoms with Crippen molar-refractivity contribution < 1.29 is 9.90 Å². The van der Waals surface area contributed by atoms with Gasteiger partial charge in [-0.25, -0.2) is 9.97 Å². The van der Waals surface area contributed by atoms with Crippen LogP contribution in [0.3, 0.4) is 0 Å². The van der Waals surface area contributed by atoms with Gasteiger partial charge in [-0.1, -0.05) is 0 Å². The standard InChI is InChI=1S/C13H17N5O2S/c14-6-10-8-21-13(17-10)18-11-3-2-9(7-16-11)12(20)15-4-1-5-19/h2-3,7-8,19H,1,4-6,14H2,(H,15,20)(H,16,17,18). The zero-order chi connectivity index (χ0) is 15.1. The van der Waals surface area contributed by atoms with Gasteiger partial charge in [0.25, 0.3) is 5.91 Å². The lowest BCUT2D eigenvalue weighted by Crippen LogP contribution is -2.25. The number of hydrogen-bond acceptors (Lipinski definition) is 7. The predicted octanol–water partition coefficient (Wildman–Crippen LogP) is 0.853. The molecule has 5 N–H and O–H groups in total. The fourth-order valence-electron chi connectivity index (χ4n) is 1.55. The summed E-state index contributed by atoms with van der Waals surface area (Å²) >= 11 is 1.45. The number of amides is 1. The minimum Gasteiger partial charge on any atom is -0.396 e. The van der Waals surface area contributed by atoms with E-state index in [1.54, 1.807) is 12.1 Å². The molecule has 0 radical (unpaired) electrons. The molecule has 21 heavy (non-hydrogen) atoms. The minimum absolute atomic E-state index is 0.0555. The van der Waals surface area contributed by atoms with Crippen LogP contribution < -0.4 is 16.4 Å². The van der Waals surface area contributed by atoms with Crippen molar-refractivity contribution >= 4 is 28.2 Å². The Kier molecular flexibility index (Phi) is 5.61. The minimum atomic E-state index is -0.206. The van der Waals surface area contributed by atoms with E-state index in [1.165, 1.54) is 17.5 Å². The van der Waals surface area contributed by atoms with Gasteiger partial charge in [-0.05, 0) is 18.6 Å². The molecule has 2 aromatic rings. The van der Waals surface area contributed by atoms with Crippen LogP contribution in [0.25, 0.3) is 0 Å². The third-order valence-corrected chi connectivity index (χ3v) is 3.45. The van der Waals surface area contributed by atoms with Gasteiger partial charge in [0.15, 0.2) is 5.13 Å². The Morgan fingerprint density at radius 3 is 2.90 bits per heavy atom. The molecule has 8 heteroatoms. The van der Waals surface area contributed by atoms with E-state index in [9.17, 15) is 4.79 Å². The maximum Gasteiger partial charge on any atom is 0.252 e. The number of nitrogens with two attached hydrogens (primary N) is 1. The van der Waals surface area contributed by atoms with Crippen LogP contribution in [0.2, 0.25) is 0 Å². The number of anilines is 2. The van der Waals surface area contributed by atoms with Gasteiger partial charge >= 0.3 is 0 Å². The predicted molar refractivity (Wildman–Crippen MR) is 81.6 cm³/mol. The lowest BCUT2D eigenvalue weighted by molar-refractivity contribution is 0.0951. The van der Waals surface area contributed by atoms with Gasteiger partial charge in [0, 0.05) is 31.3 Å². The van der Waals surface area contributed by atoms with Gasteiger partial charge in [0.2, 0.25) is 0 Å². The Labute approximate surface area is 126 Å². The molecule has 0 bridgehead atoms. The molecular formula is C13H17N5O2S. The number of carbonyl (C=O) groups is 1. The second kappa shape index (κ2) is 7.67. The number of nitrogens with zero attached hydrogens (tertiary/aromatic N) is 2. The smallest absolute Gasteiger partial charge is 0.252 e. The molecular weight excluding hydrogens is 290 g/mol. The molecule has 112 valence electrons. The fourth-order valence-corrected chi connectivity index (χ4v) is 2.28. The Balaban J connectivity index is 1.93. The monoisotopic (exact) mass is 307 g/mol. The van der Waals surface area contributed by atoms with Gasteiger partial charge < -0.3 is 21.5 Å². The molecule has 0 aliphatic carbocycles. The van der Waals surface area contributed by atoms with Crippen molar-refractivity contribution in [3.63, 3.8) is 0 Å². The van der Waals surface area contributed by atoms with E-state index in [2.05, 4.69) is 20.6 Å². The summed E-state index contributed by atoms with van der Waals surface area (Å²) in [6.45, 7) is 0.898. The van der Waals surface area contributed by atoms with Gasteiger partial charge in [-0.3, -0.25) is 4.79 Å². The van der Waals surface area contributed by atoms with Crippen LogP contribution in [0.4, 0.5) is 10.9 Å². The highest BCUT2D eigenvalue weighted by atomic mass is 32.1. The number of thiazole rings is 1. The third kappa shape index (κ3) is 4.48. The van der Waals surface area contributed by atoms with Crippen molar-refractivity contribution in [3.05, 3.63) is 35.0 Å². The zero-order valence-corrected chi connectivity index (χ0v) is 12.2. The van der Waals surface area contributed by atoms with E-state index in [-0.39, 0.29) is 12.5 Å². The van der Waals surface area contributed by atoms with Crippen molar-refractivity contribution in [1.82, 2.24) is 15.3 Å². The van der Waals surface area contributed by atoms with Crippen LogP contribution in [0.1, 0.15) is 22.5 Å². The normalized spacial score (nSPS) is 10.4. The average Bonchev–Trinajstić information content (AvgIpc) is 2.96. The van der Waals surface area contributed by atoms with Crippen molar-refractivity contribution in [2.45, 2.75) is 13.0 Å². The van der Waals surface area contributed by atoms with Gasteiger partial charge in [-0.15, -0.1) is 11.3 Å². The number of rotatable bonds is 7. The SMILES string of the molecule is NCc1csc(Nc2ccc(C(=O)NCCCO)cn2)n1. The Morgan fingerprint density at radius 2 is 2.29 bits per heavy atom. The quantitative estimate of drug-likeness (QED) is 0.564. The molecule has 0 saturated carbocycles. The molecule has 0 fully saturated rings. The van der Waals surface area contributed by atoms with Crippen LogP contribution in [0.15, 0.2) is 23.7 Å². The summed E-state index contributed by atoms with van der Waals surface area (Å²) < 4.78 is 0. The third-order valence-electron chi connectivity index (χ3n) is 2.64. The second-order valence-electron chi connectivity index (χ2n) is 4.24. The van der Waals surface area contributed by atoms with E-state index in [1.807, 2.05) is 5.38 Å². The molecule has 0 saturated heterocycles. The summed E-state index contributed by atoms with van der Waals surface area (Å²) in [5.74, 6) is 0.405. The molecule has 0 atom stereocenters. The van der Waals surface area contributed by atoms with Crippen molar-refractivity contribution in [2.75, 3.05) is 18.5 Å². The molecule has 0 spiro atoms. The molecule has 2 aromatic heterocycles. The van der Waals surface area contributed by atoms with Gasteiger partial charge in [-0.2, -0.15) is 0 Å². The molecule has 0 aromatic carbocycles. The average molecular weight is 307 g/mol. The highest BCUT2D eigenvalue weighted by Gasteiger charge is 2.06. The van der Waals surface area contributed by atoms with E-state index in [0.717, 1.165) is 5.69 Å². The van der Waals surface area contributed by atoms with Gasteiger partial charge in [0.1, 0.15) is 5.82 Å². The summed E-state index contributed by atoms with van der Waals surface area (Å²) in [4.78, 5) is 20.2. The first kappa shape index (κ1) is 15.4. The summed E-state index contributed by atoms with van der Waals surface area (Å²) in [5.41, 5.74) is 6.79. The summed E-state index contributed by atoms with van der Waals surface area (Å²) in [6.07, 6.45) is 2.03. The Hall–Kier alpha value is -2.03. The van der Waals surface area contributed by atoms with E-state index >= 15 is 0 Å². The fraction of sp³-hybridized carbons (Fsp3) is 0.308. The van der Waals surface area contributed by atoms with Crippen LogP contribution in [-0.2, 0) is 6.54 Å². The number of hydrogen-bond donors (Lipinski definition) is 4. The molecule has 0 unspecified atom stereocenters. The van der Waals surface area contributed by atoms with Crippen molar-refractivity contribution in [2.24, 2.45) is 5.73 Å². The Bertz CT molecular complexity index is 585. The first-order valence-corrected chi connectivity index (χ1v) is 7.37. The van der Waals surface area contributed by atoms with E-state index < -0.39 is 0 Å². The number of carbonyl (C=O) groups excluding carboxylic acids is 1. The number of aliphatic hydroxyl groups excluding tert-OH is 1. The van der Waals surface area contributed by atoms with Gasteiger partial charge in [0.05, 0.1) is 11.3 Å². The van der Waals surface area contributed by atoms with Crippen molar-refractivity contribution in [3.8, 4) is 0 Å². The largest absolute Gasteiger partial charge is 0.396 e. The summed E-state index contributed by atoms with van der Waals surface area (Å²) in [6, 6.07) is 3.39. The maximum absolute atomic E-state index is 11.8. The molecule has 7 nitrogen and oxygen atoms in total. The van der Waals surface area contributed by atoms with E-state index in [0.29, 0.717) is 36.0 Å². The number of nitrogens with one attached hydrogen (secondary N) is 2. The molecule has 2 heterocycles. The number of aliphatic hydroxyl groups is 1. The highest BCUT2D eigenvalue weighted by molar-refractivity contribution is 7.13. The lowest BCUT2D eigenvalue weighted by Gasteiger charge is -2.05. The first-order valence-electron chi connectivity index (χ1n) is 6.49. The highest BCUT2D eigenvalue weighted by Crippen LogP contribution is 2.19. The van der Waals surface area contributed by atoms with Crippen LogP contribution in [-0.4, -0.2) is 34.1 Å². The molecule has 2 rings (SSSR count). The molecule has 0 aliphatic rings. The first-order chi connectivity index (χ1) is 10.2. The maximum atomic E-state index is 11.8. The molecule has 1 amide bonds. The van der Waals surface area contributed by atoms with Crippen LogP contribution >= 0.6 is 11.3 Å². The lowest BCUT2D eigenvalue weighted by atomic mass is 10.2. The summed E-state index contributed by atoms with van der Waals surface area (Å²) in [7, 11) is 0.